The van der Waals surface area contributed by atoms with Crippen LogP contribution in [0.25, 0.3) is 6.08 Å². The molecule has 6 nitrogen and oxygen atoms in total. The van der Waals surface area contributed by atoms with Crippen molar-refractivity contribution in [1.29, 1.82) is 0 Å². The molecule has 3 aromatic carbocycles. The zero-order valence-corrected chi connectivity index (χ0v) is 19.1. The number of carbonyl (C=O) groups excluding carboxylic acids is 2. The van der Waals surface area contributed by atoms with E-state index >= 15 is 0 Å². The lowest BCUT2D eigenvalue weighted by Crippen LogP contribution is -2.31. The molecule has 0 spiro atoms. The Hall–Kier alpha value is -3.71. The van der Waals surface area contributed by atoms with Gasteiger partial charge in [0.2, 0.25) is 6.79 Å². The monoisotopic (exact) mass is 458 g/mol. The number of fused-ring (bicyclic) bond motifs is 2. The van der Waals surface area contributed by atoms with E-state index in [-0.39, 0.29) is 18.6 Å². The minimum atomic E-state index is -0.206. The maximum absolute atomic E-state index is 13.0. The molecular weight excluding hydrogens is 436 g/mol. The topological polar surface area (TPSA) is 67.9 Å². The number of amides is 2. The molecule has 0 aliphatic carbocycles. The highest BCUT2D eigenvalue weighted by Gasteiger charge is 2.27. The van der Waals surface area contributed by atoms with Gasteiger partial charge in [0.15, 0.2) is 11.5 Å². The average molecular weight is 459 g/mol. The second-order valence-electron chi connectivity index (χ2n) is 7.94. The number of hydrogen-bond donors (Lipinski definition) is 1. The molecule has 0 atom stereocenters. The minimum absolute atomic E-state index is 0.0917. The van der Waals surface area contributed by atoms with E-state index in [1.54, 1.807) is 24.1 Å². The van der Waals surface area contributed by atoms with Crippen molar-refractivity contribution in [3.8, 4) is 11.5 Å². The normalized spacial score (nSPS) is 15.5. The third kappa shape index (κ3) is 4.32. The van der Waals surface area contributed by atoms with Crippen molar-refractivity contribution < 1.29 is 19.1 Å². The fourth-order valence-electron chi connectivity index (χ4n) is 3.68. The largest absolute Gasteiger partial charge is 0.454 e. The first-order valence-corrected chi connectivity index (χ1v) is 11.3. The van der Waals surface area contributed by atoms with Crippen LogP contribution in [-0.2, 0) is 11.3 Å². The maximum Gasteiger partial charge on any atom is 0.264 e. The number of benzene rings is 3. The van der Waals surface area contributed by atoms with Crippen molar-refractivity contribution >= 4 is 35.3 Å². The quantitative estimate of drug-likeness (QED) is 0.571. The van der Waals surface area contributed by atoms with Gasteiger partial charge in [0, 0.05) is 24.1 Å². The first kappa shape index (κ1) is 21.2. The molecule has 5 rings (SSSR count). The number of carbonyl (C=O) groups is 2. The number of nitrogens with one attached hydrogen (secondary N) is 1. The molecule has 166 valence electrons. The SMILES string of the molecule is Cc1ccc(/C=C2/Sc3ccc(C(=O)NCc4ccc5c(c4)OCO5)cc3N(C)C2=O)cc1. The molecule has 2 heterocycles. The van der Waals surface area contributed by atoms with Crippen molar-refractivity contribution in [2.75, 3.05) is 18.7 Å². The highest BCUT2D eigenvalue weighted by molar-refractivity contribution is 8.04. The van der Waals surface area contributed by atoms with Crippen molar-refractivity contribution in [1.82, 2.24) is 5.32 Å². The van der Waals surface area contributed by atoms with Crippen LogP contribution in [0, 0.1) is 6.92 Å². The van der Waals surface area contributed by atoms with Crippen LogP contribution in [0.15, 0.2) is 70.5 Å². The van der Waals surface area contributed by atoms with Crippen LogP contribution in [-0.4, -0.2) is 25.7 Å². The molecule has 3 aromatic rings. The van der Waals surface area contributed by atoms with Gasteiger partial charge in [0.25, 0.3) is 11.8 Å². The summed E-state index contributed by atoms with van der Waals surface area (Å²) in [6, 6.07) is 19.1. The molecule has 2 aliphatic heterocycles. The summed E-state index contributed by atoms with van der Waals surface area (Å²) >= 11 is 1.42. The van der Waals surface area contributed by atoms with Crippen LogP contribution in [0.5, 0.6) is 11.5 Å². The lowest BCUT2D eigenvalue weighted by atomic mass is 10.1. The molecule has 33 heavy (non-hydrogen) atoms. The van der Waals surface area contributed by atoms with E-state index in [1.807, 2.05) is 61.5 Å². The van der Waals surface area contributed by atoms with E-state index in [4.69, 9.17) is 9.47 Å². The number of rotatable bonds is 4. The molecule has 2 aliphatic rings. The molecule has 0 aromatic heterocycles. The van der Waals surface area contributed by atoms with Gasteiger partial charge in [0.1, 0.15) is 0 Å². The van der Waals surface area contributed by atoms with Gasteiger partial charge in [-0.2, -0.15) is 0 Å². The standard InChI is InChI=1S/C26H22N2O4S/c1-16-3-5-17(6-4-16)12-24-26(30)28(2)20-13-19(8-10-23(20)33-24)25(29)27-14-18-7-9-21-22(11-18)32-15-31-21/h3-13H,14-15H2,1-2H3,(H,27,29)/b24-12+. The van der Waals surface area contributed by atoms with E-state index in [9.17, 15) is 9.59 Å². The smallest absolute Gasteiger partial charge is 0.264 e. The molecule has 0 saturated heterocycles. The van der Waals surface area contributed by atoms with Gasteiger partial charge in [-0.05, 0) is 54.5 Å². The zero-order valence-electron chi connectivity index (χ0n) is 18.3. The Morgan fingerprint density at radius 1 is 1.06 bits per heavy atom. The second-order valence-corrected chi connectivity index (χ2v) is 9.02. The molecule has 7 heteroatoms. The molecule has 0 saturated carbocycles. The van der Waals surface area contributed by atoms with Crippen LogP contribution in [0.3, 0.4) is 0 Å². The first-order valence-electron chi connectivity index (χ1n) is 10.5. The summed E-state index contributed by atoms with van der Waals surface area (Å²) in [5, 5.41) is 2.93. The van der Waals surface area contributed by atoms with E-state index < -0.39 is 0 Å². The highest BCUT2D eigenvalue weighted by Crippen LogP contribution is 2.42. The summed E-state index contributed by atoms with van der Waals surface area (Å²) in [5.41, 5.74) is 4.29. The number of likely N-dealkylation sites (N-methyl/N-ethyl adjacent to an activating group) is 1. The summed E-state index contributed by atoms with van der Waals surface area (Å²) in [4.78, 5) is 28.9. The average Bonchev–Trinajstić information content (AvgIpc) is 3.30. The maximum atomic E-state index is 13.0. The van der Waals surface area contributed by atoms with Gasteiger partial charge in [-0.25, -0.2) is 0 Å². The molecule has 0 radical (unpaired) electrons. The van der Waals surface area contributed by atoms with Gasteiger partial charge in [-0.3, -0.25) is 9.59 Å². The summed E-state index contributed by atoms with van der Waals surface area (Å²) in [7, 11) is 1.73. The fraction of sp³-hybridized carbons (Fsp3) is 0.154. The van der Waals surface area contributed by atoms with E-state index in [0.29, 0.717) is 28.5 Å². The van der Waals surface area contributed by atoms with Crippen LogP contribution in [0.4, 0.5) is 5.69 Å². The van der Waals surface area contributed by atoms with Gasteiger partial charge < -0.3 is 19.7 Å². The molecule has 0 unspecified atom stereocenters. The van der Waals surface area contributed by atoms with E-state index in [2.05, 4.69) is 5.32 Å². The van der Waals surface area contributed by atoms with Crippen molar-refractivity contribution in [2.24, 2.45) is 0 Å². The first-order chi connectivity index (χ1) is 16.0. The van der Waals surface area contributed by atoms with Crippen molar-refractivity contribution in [3.05, 3.63) is 87.8 Å². The third-order valence-electron chi connectivity index (χ3n) is 5.58. The Morgan fingerprint density at radius 3 is 2.67 bits per heavy atom. The predicted molar refractivity (Wildman–Crippen MR) is 129 cm³/mol. The number of thioether (sulfide) groups is 1. The summed E-state index contributed by atoms with van der Waals surface area (Å²) < 4.78 is 10.7. The number of ether oxygens (including phenoxy) is 2. The van der Waals surface area contributed by atoms with Gasteiger partial charge in [-0.1, -0.05) is 47.7 Å². The Balaban J connectivity index is 1.31. The minimum Gasteiger partial charge on any atom is -0.454 e. The zero-order chi connectivity index (χ0) is 22.9. The lowest BCUT2D eigenvalue weighted by molar-refractivity contribution is -0.114. The molecule has 1 N–H and O–H groups in total. The number of anilines is 1. The number of nitrogens with zero attached hydrogens (tertiary/aromatic N) is 1. The van der Waals surface area contributed by atoms with Crippen LogP contribution >= 0.6 is 11.8 Å². The lowest BCUT2D eigenvalue weighted by Gasteiger charge is -2.27. The van der Waals surface area contributed by atoms with Gasteiger partial charge in [-0.15, -0.1) is 0 Å². The molecule has 0 bridgehead atoms. The second kappa shape index (κ2) is 8.67. The van der Waals surface area contributed by atoms with Crippen molar-refractivity contribution in [3.63, 3.8) is 0 Å². The van der Waals surface area contributed by atoms with Crippen LogP contribution in [0.2, 0.25) is 0 Å². The summed E-state index contributed by atoms with van der Waals surface area (Å²) in [6.45, 7) is 2.61. The predicted octanol–water partition coefficient (Wildman–Crippen LogP) is 4.76. The molecular formula is C26H22N2O4S. The third-order valence-corrected chi connectivity index (χ3v) is 6.66. The molecule has 2 amide bonds. The van der Waals surface area contributed by atoms with Gasteiger partial charge >= 0.3 is 0 Å². The summed E-state index contributed by atoms with van der Waals surface area (Å²) in [5.74, 6) is 1.09. The molecule has 0 fully saturated rings. The van der Waals surface area contributed by atoms with Crippen LogP contribution < -0.4 is 19.7 Å². The van der Waals surface area contributed by atoms with Gasteiger partial charge in [0.05, 0.1) is 10.6 Å². The Morgan fingerprint density at radius 2 is 1.85 bits per heavy atom. The fourth-order valence-corrected chi connectivity index (χ4v) is 4.78. The number of aryl methyl sites for hydroxylation is 1. The van der Waals surface area contributed by atoms with Crippen molar-refractivity contribution in [2.45, 2.75) is 18.4 Å². The number of hydrogen-bond acceptors (Lipinski definition) is 5. The van der Waals surface area contributed by atoms with E-state index in [0.717, 1.165) is 21.7 Å². The highest BCUT2D eigenvalue weighted by atomic mass is 32.2. The summed E-state index contributed by atoms with van der Waals surface area (Å²) in [6.07, 6.45) is 1.90. The Bertz CT molecular complexity index is 1280. The van der Waals surface area contributed by atoms with E-state index in [1.165, 1.54) is 17.3 Å². The van der Waals surface area contributed by atoms with Crippen LogP contribution in [0.1, 0.15) is 27.0 Å². The Kier molecular flexibility index (Phi) is 5.56. The Labute approximate surface area is 196 Å².